The van der Waals surface area contributed by atoms with Crippen molar-refractivity contribution in [1.82, 2.24) is 14.5 Å². The fraction of sp³-hybridized carbons (Fsp3) is 0.364. The van der Waals surface area contributed by atoms with Crippen LogP contribution in [-0.2, 0) is 28.0 Å². The van der Waals surface area contributed by atoms with Crippen molar-refractivity contribution in [2.45, 2.75) is 19.0 Å². The highest BCUT2D eigenvalue weighted by molar-refractivity contribution is 5.88. The fourth-order valence-electron chi connectivity index (χ4n) is 1.53. The third-order valence-electron chi connectivity index (χ3n) is 2.61. The van der Waals surface area contributed by atoms with Gasteiger partial charge in [0.1, 0.15) is 12.6 Å². The Bertz CT molecular complexity index is 689. The van der Waals surface area contributed by atoms with E-state index in [-0.39, 0.29) is 0 Å². The van der Waals surface area contributed by atoms with Crippen LogP contribution in [0.2, 0.25) is 0 Å². The van der Waals surface area contributed by atoms with E-state index in [0.29, 0.717) is 0 Å². The van der Waals surface area contributed by atoms with Crippen LogP contribution in [-0.4, -0.2) is 38.1 Å². The van der Waals surface area contributed by atoms with E-state index < -0.39 is 48.0 Å². The normalized spacial score (nSPS) is 11.7. The number of nitrogens with two attached hydrogens (primary N) is 1. The first-order chi connectivity index (χ1) is 9.72. The molecule has 114 valence electrons. The Morgan fingerprint density at radius 3 is 2.52 bits per heavy atom. The van der Waals surface area contributed by atoms with Crippen LogP contribution in [0.3, 0.4) is 0 Å². The Kier molecular flexibility index (Phi) is 5.00. The maximum atomic E-state index is 11.7. The number of hydrogen-bond acceptors (Lipinski definition) is 5. The number of hydrogen-bond donors (Lipinski definition) is 3. The number of amides is 2. The average molecular weight is 298 g/mol. The van der Waals surface area contributed by atoms with E-state index in [0.717, 1.165) is 21.4 Å². The molecule has 0 aliphatic heterocycles. The molecule has 0 unspecified atom stereocenters. The van der Waals surface area contributed by atoms with Gasteiger partial charge >= 0.3 is 11.7 Å². The Labute approximate surface area is 117 Å². The zero-order valence-electron chi connectivity index (χ0n) is 11.1. The van der Waals surface area contributed by atoms with E-state index in [2.05, 4.69) is 5.32 Å². The molecule has 0 aromatic carbocycles. The highest BCUT2D eigenvalue weighted by Gasteiger charge is 2.22. The van der Waals surface area contributed by atoms with Gasteiger partial charge in [0.15, 0.2) is 0 Å². The van der Waals surface area contributed by atoms with Crippen LogP contribution in [0.25, 0.3) is 0 Å². The zero-order chi connectivity index (χ0) is 16.2. The molecule has 0 bridgehead atoms. The predicted octanol–water partition coefficient (Wildman–Crippen LogP) is -3.01. The number of carboxylic acid groups (broad SMARTS) is 1. The third kappa shape index (κ3) is 4.30. The SMILES string of the molecule is Cn1c(=O)ccn(CC(=O)N[C@@H](CC(N)=O)C(=O)O)c1=O. The second-order valence-corrected chi connectivity index (χ2v) is 4.25. The lowest BCUT2D eigenvalue weighted by molar-refractivity contribution is -0.143. The van der Waals surface area contributed by atoms with Crippen LogP contribution < -0.4 is 22.3 Å². The maximum absolute atomic E-state index is 11.7. The first kappa shape index (κ1) is 16.1. The summed E-state index contributed by atoms with van der Waals surface area (Å²) in [7, 11) is 1.24. The topological polar surface area (TPSA) is 153 Å². The van der Waals surface area contributed by atoms with Crippen LogP contribution in [0.5, 0.6) is 0 Å². The van der Waals surface area contributed by atoms with Gasteiger partial charge in [-0.05, 0) is 0 Å². The van der Waals surface area contributed by atoms with E-state index in [4.69, 9.17) is 10.8 Å². The first-order valence-electron chi connectivity index (χ1n) is 5.79. The summed E-state index contributed by atoms with van der Waals surface area (Å²) in [5.74, 6) is -3.11. The predicted molar refractivity (Wildman–Crippen MR) is 69.3 cm³/mol. The van der Waals surface area contributed by atoms with Crippen molar-refractivity contribution in [1.29, 1.82) is 0 Å². The monoisotopic (exact) mass is 298 g/mol. The third-order valence-corrected chi connectivity index (χ3v) is 2.61. The quantitative estimate of drug-likeness (QED) is 0.508. The minimum atomic E-state index is -1.47. The summed E-state index contributed by atoms with van der Waals surface area (Å²) in [5, 5.41) is 10.9. The van der Waals surface area contributed by atoms with Crippen LogP contribution in [0.1, 0.15) is 6.42 Å². The van der Waals surface area contributed by atoms with Crippen LogP contribution >= 0.6 is 0 Å². The van der Waals surface area contributed by atoms with Crippen molar-refractivity contribution in [2.24, 2.45) is 12.8 Å². The lowest BCUT2D eigenvalue weighted by Crippen LogP contribution is -2.46. The molecule has 1 aromatic heterocycles. The zero-order valence-corrected chi connectivity index (χ0v) is 11.1. The summed E-state index contributed by atoms with van der Waals surface area (Å²) in [6, 6.07) is -0.384. The molecule has 21 heavy (non-hydrogen) atoms. The van der Waals surface area contributed by atoms with Crippen molar-refractivity contribution < 1.29 is 19.5 Å². The fourth-order valence-corrected chi connectivity index (χ4v) is 1.53. The lowest BCUT2D eigenvalue weighted by atomic mass is 10.2. The molecule has 1 rings (SSSR count). The van der Waals surface area contributed by atoms with Crippen molar-refractivity contribution in [3.63, 3.8) is 0 Å². The molecule has 0 fully saturated rings. The highest BCUT2D eigenvalue weighted by atomic mass is 16.4. The van der Waals surface area contributed by atoms with E-state index >= 15 is 0 Å². The van der Waals surface area contributed by atoms with Crippen molar-refractivity contribution >= 4 is 17.8 Å². The minimum absolute atomic E-state index is 0.491. The molecule has 1 heterocycles. The Morgan fingerprint density at radius 1 is 1.38 bits per heavy atom. The van der Waals surface area contributed by atoms with Gasteiger partial charge in [-0.15, -0.1) is 0 Å². The molecule has 1 atom stereocenters. The van der Waals surface area contributed by atoms with Gasteiger partial charge in [0.2, 0.25) is 11.8 Å². The van der Waals surface area contributed by atoms with E-state index in [9.17, 15) is 24.0 Å². The molecule has 0 aliphatic carbocycles. The number of nitrogens with one attached hydrogen (secondary N) is 1. The molecule has 10 nitrogen and oxygen atoms in total. The molecule has 0 radical (unpaired) electrons. The van der Waals surface area contributed by atoms with E-state index in [1.165, 1.54) is 7.05 Å². The Hall–Kier alpha value is -2.91. The van der Waals surface area contributed by atoms with E-state index in [1.54, 1.807) is 0 Å². The van der Waals surface area contributed by atoms with Crippen LogP contribution in [0, 0.1) is 0 Å². The second kappa shape index (κ2) is 6.50. The van der Waals surface area contributed by atoms with E-state index in [1.807, 2.05) is 0 Å². The number of rotatable bonds is 6. The number of aromatic nitrogens is 2. The number of aliphatic carboxylic acids is 1. The first-order valence-corrected chi connectivity index (χ1v) is 5.79. The average Bonchev–Trinajstić information content (AvgIpc) is 2.38. The van der Waals surface area contributed by atoms with Crippen molar-refractivity contribution in [3.05, 3.63) is 33.1 Å². The van der Waals surface area contributed by atoms with Crippen LogP contribution in [0.15, 0.2) is 21.9 Å². The minimum Gasteiger partial charge on any atom is -0.480 e. The summed E-state index contributed by atoms with van der Waals surface area (Å²) < 4.78 is 1.73. The summed E-state index contributed by atoms with van der Waals surface area (Å²) >= 11 is 0. The lowest BCUT2D eigenvalue weighted by Gasteiger charge is -2.13. The number of carbonyl (C=O) groups is 3. The maximum Gasteiger partial charge on any atom is 0.331 e. The summed E-state index contributed by atoms with van der Waals surface area (Å²) in [6.45, 7) is -0.491. The smallest absolute Gasteiger partial charge is 0.331 e. The number of carboxylic acids is 1. The summed E-state index contributed by atoms with van der Waals surface area (Å²) in [5.41, 5.74) is 3.62. The molecule has 0 saturated carbocycles. The molecule has 1 aromatic rings. The molecule has 10 heteroatoms. The number of nitrogens with zero attached hydrogens (tertiary/aromatic N) is 2. The molecule has 0 saturated heterocycles. The van der Waals surface area contributed by atoms with Gasteiger partial charge in [0, 0.05) is 19.3 Å². The second-order valence-electron chi connectivity index (χ2n) is 4.25. The number of primary amides is 1. The Balaban J connectivity index is 2.84. The van der Waals surface area contributed by atoms with Gasteiger partial charge in [-0.1, -0.05) is 0 Å². The van der Waals surface area contributed by atoms with Gasteiger partial charge in [-0.25, -0.2) is 9.59 Å². The molecular formula is C11H14N4O6. The van der Waals surface area contributed by atoms with Crippen molar-refractivity contribution in [2.75, 3.05) is 0 Å². The summed E-state index contributed by atoms with van der Waals surface area (Å²) in [4.78, 5) is 56.1. The van der Waals surface area contributed by atoms with Crippen LogP contribution in [0.4, 0.5) is 0 Å². The van der Waals surface area contributed by atoms with Crippen molar-refractivity contribution in [3.8, 4) is 0 Å². The molecule has 4 N–H and O–H groups in total. The highest BCUT2D eigenvalue weighted by Crippen LogP contribution is 1.92. The Morgan fingerprint density at radius 2 is 2.00 bits per heavy atom. The number of carbonyl (C=O) groups excluding carboxylic acids is 2. The molecular weight excluding hydrogens is 284 g/mol. The molecule has 0 spiro atoms. The van der Waals surface area contributed by atoms with Gasteiger partial charge < -0.3 is 16.2 Å². The molecule has 0 aliphatic rings. The standard InChI is InChI=1S/C11H14N4O6/c1-14-9(18)2-3-15(11(14)21)5-8(17)13-6(10(19)20)4-7(12)16/h2-3,6H,4-5H2,1H3,(H2,12,16)(H,13,17)(H,19,20)/t6-/m0/s1. The van der Waals surface area contributed by atoms with Gasteiger partial charge in [0.25, 0.3) is 5.56 Å². The van der Waals surface area contributed by atoms with Gasteiger partial charge in [-0.3, -0.25) is 23.5 Å². The largest absolute Gasteiger partial charge is 0.480 e. The van der Waals surface area contributed by atoms with Gasteiger partial charge in [0.05, 0.1) is 6.42 Å². The van der Waals surface area contributed by atoms with Gasteiger partial charge in [-0.2, -0.15) is 0 Å². The molecule has 2 amide bonds. The summed E-state index contributed by atoms with van der Waals surface area (Å²) in [6.07, 6.45) is 0.553.